The molecule has 0 fully saturated rings. The van der Waals surface area contributed by atoms with Crippen molar-refractivity contribution in [3.8, 4) is 11.5 Å². The number of nitro groups is 1. The third kappa shape index (κ3) is 5.45. The molecular formula is C19H22N2O8S. The highest BCUT2D eigenvalue weighted by Crippen LogP contribution is 2.29. The molecule has 0 aliphatic heterocycles. The number of methoxy groups -OCH3 is 2. The van der Waals surface area contributed by atoms with Crippen LogP contribution in [0.3, 0.4) is 0 Å². The fourth-order valence-electron chi connectivity index (χ4n) is 2.65. The summed E-state index contributed by atoms with van der Waals surface area (Å²) in [6, 6.07) is 9.29. The van der Waals surface area contributed by atoms with E-state index >= 15 is 0 Å². The Bertz CT molecular complexity index is 1010. The van der Waals surface area contributed by atoms with Crippen LogP contribution < -0.4 is 9.47 Å². The highest BCUT2D eigenvalue weighted by Gasteiger charge is 2.28. The number of hydrogen-bond acceptors (Lipinski definition) is 8. The number of sulfonamides is 1. The fraction of sp³-hybridized carbons (Fsp3) is 0.316. The Labute approximate surface area is 174 Å². The molecule has 0 amide bonds. The third-order valence-electron chi connectivity index (χ3n) is 4.10. The zero-order valence-electron chi connectivity index (χ0n) is 16.7. The second-order valence-corrected chi connectivity index (χ2v) is 7.96. The van der Waals surface area contributed by atoms with Crippen LogP contribution >= 0.6 is 0 Å². The maximum absolute atomic E-state index is 13.1. The number of nitrogens with zero attached hydrogens (tertiary/aromatic N) is 2. The van der Waals surface area contributed by atoms with Gasteiger partial charge in [0.2, 0.25) is 10.0 Å². The van der Waals surface area contributed by atoms with Crippen molar-refractivity contribution in [3.05, 3.63) is 58.1 Å². The number of benzene rings is 2. The van der Waals surface area contributed by atoms with E-state index in [0.717, 1.165) is 28.6 Å². The van der Waals surface area contributed by atoms with E-state index in [1.165, 1.54) is 14.2 Å². The van der Waals surface area contributed by atoms with Crippen molar-refractivity contribution < 1.29 is 32.3 Å². The zero-order chi connectivity index (χ0) is 22.3. The van der Waals surface area contributed by atoms with Crippen molar-refractivity contribution in [2.75, 3.05) is 27.4 Å². The van der Waals surface area contributed by atoms with Gasteiger partial charge in [0.15, 0.2) is 11.5 Å². The lowest BCUT2D eigenvalue weighted by molar-refractivity contribution is -0.384. The molecule has 0 unspecified atom stereocenters. The van der Waals surface area contributed by atoms with E-state index in [2.05, 4.69) is 0 Å². The molecule has 0 saturated carbocycles. The highest BCUT2D eigenvalue weighted by atomic mass is 32.2. The number of non-ortho nitro benzene ring substituents is 1. The molecule has 0 bridgehead atoms. The molecular weight excluding hydrogens is 416 g/mol. The van der Waals surface area contributed by atoms with Gasteiger partial charge >= 0.3 is 5.97 Å². The van der Waals surface area contributed by atoms with Crippen LogP contribution in [0.25, 0.3) is 0 Å². The molecule has 0 spiro atoms. The van der Waals surface area contributed by atoms with Crippen LogP contribution in [0.5, 0.6) is 11.5 Å². The lowest BCUT2D eigenvalue weighted by atomic mass is 10.2. The normalized spacial score (nSPS) is 11.2. The summed E-state index contributed by atoms with van der Waals surface area (Å²) in [4.78, 5) is 22.0. The first-order valence-corrected chi connectivity index (χ1v) is 10.3. The van der Waals surface area contributed by atoms with Gasteiger partial charge in [0.05, 0.1) is 30.6 Å². The molecule has 162 valence electrons. The molecule has 0 aliphatic rings. The van der Waals surface area contributed by atoms with Gasteiger partial charge in [-0.3, -0.25) is 14.9 Å². The number of ether oxygens (including phenoxy) is 3. The fourth-order valence-corrected chi connectivity index (χ4v) is 4.02. The van der Waals surface area contributed by atoms with Gasteiger partial charge in [-0.25, -0.2) is 8.42 Å². The molecule has 10 nitrogen and oxygen atoms in total. The Morgan fingerprint density at radius 2 is 1.70 bits per heavy atom. The minimum absolute atomic E-state index is 0.0978. The summed E-state index contributed by atoms with van der Waals surface area (Å²) in [6.07, 6.45) is 0. The Kier molecular flexibility index (Phi) is 7.72. The van der Waals surface area contributed by atoms with E-state index in [1.54, 1.807) is 25.1 Å². The monoisotopic (exact) mass is 438 g/mol. The van der Waals surface area contributed by atoms with E-state index in [-0.39, 0.29) is 23.7 Å². The van der Waals surface area contributed by atoms with E-state index in [9.17, 15) is 23.3 Å². The second-order valence-electron chi connectivity index (χ2n) is 6.02. The molecule has 2 aromatic carbocycles. The van der Waals surface area contributed by atoms with Gasteiger partial charge in [-0.05, 0) is 36.8 Å². The number of rotatable bonds is 10. The molecule has 0 heterocycles. The largest absolute Gasteiger partial charge is 0.493 e. The van der Waals surface area contributed by atoms with Crippen LogP contribution in [0.2, 0.25) is 0 Å². The van der Waals surface area contributed by atoms with E-state index in [1.807, 2.05) is 0 Å². The van der Waals surface area contributed by atoms with E-state index < -0.39 is 27.5 Å². The van der Waals surface area contributed by atoms with Crippen LogP contribution in [0.1, 0.15) is 12.5 Å². The topological polar surface area (TPSA) is 125 Å². The van der Waals surface area contributed by atoms with Gasteiger partial charge in [-0.2, -0.15) is 4.31 Å². The molecule has 2 rings (SSSR count). The van der Waals surface area contributed by atoms with Gasteiger partial charge in [-0.15, -0.1) is 0 Å². The quantitative estimate of drug-likeness (QED) is 0.314. The summed E-state index contributed by atoms with van der Waals surface area (Å²) in [5.74, 6) is 0.152. The first-order chi connectivity index (χ1) is 14.2. The molecule has 0 saturated heterocycles. The Balaban J connectivity index is 2.41. The Morgan fingerprint density at radius 3 is 2.23 bits per heavy atom. The molecule has 11 heteroatoms. The number of esters is 1. The Hall–Kier alpha value is -3.18. The highest BCUT2D eigenvalue weighted by molar-refractivity contribution is 7.89. The maximum atomic E-state index is 13.1. The third-order valence-corrected chi connectivity index (χ3v) is 5.91. The lowest BCUT2D eigenvalue weighted by Crippen LogP contribution is -2.36. The van der Waals surface area contributed by atoms with E-state index in [0.29, 0.717) is 17.1 Å². The second kappa shape index (κ2) is 10.0. The maximum Gasteiger partial charge on any atom is 0.321 e. The molecule has 0 atom stereocenters. The van der Waals surface area contributed by atoms with Crippen LogP contribution in [-0.2, 0) is 26.1 Å². The molecule has 2 aromatic rings. The molecule has 0 N–H and O–H groups in total. The molecule has 0 radical (unpaired) electrons. The number of carbonyl (C=O) groups excluding carboxylic acids is 1. The van der Waals surface area contributed by atoms with Crippen LogP contribution in [0.15, 0.2) is 47.4 Å². The van der Waals surface area contributed by atoms with Gasteiger partial charge < -0.3 is 14.2 Å². The van der Waals surface area contributed by atoms with Crippen LogP contribution in [0.4, 0.5) is 5.69 Å². The average molecular weight is 438 g/mol. The standard InChI is InChI=1S/C19H22N2O8S/c1-4-29-19(22)13-20(12-14-5-10-17(27-2)18(11-14)28-3)30(25,26)16-8-6-15(7-9-16)21(23)24/h5-11H,4,12-13H2,1-3H3. The summed E-state index contributed by atoms with van der Waals surface area (Å²) >= 11 is 0. The Morgan fingerprint density at radius 1 is 1.07 bits per heavy atom. The molecule has 30 heavy (non-hydrogen) atoms. The first kappa shape index (κ1) is 23.1. The minimum atomic E-state index is -4.15. The predicted molar refractivity (Wildman–Crippen MR) is 107 cm³/mol. The van der Waals surface area contributed by atoms with Gasteiger partial charge in [-0.1, -0.05) is 6.07 Å². The SMILES string of the molecule is CCOC(=O)CN(Cc1ccc(OC)c(OC)c1)S(=O)(=O)c1ccc([N+](=O)[O-])cc1. The van der Waals surface area contributed by atoms with Crippen molar-refractivity contribution in [2.24, 2.45) is 0 Å². The number of nitro benzene ring substituents is 1. The van der Waals surface area contributed by atoms with Crippen molar-refractivity contribution in [3.63, 3.8) is 0 Å². The molecule has 0 aromatic heterocycles. The van der Waals surface area contributed by atoms with Crippen molar-refractivity contribution >= 4 is 21.7 Å². The number of carbonyl (C=O) groups is 1. The number of hydrogen-bond donors (Lipinski definition) is 0. The summed E-state index contributed by atoms with van der Waals surface area (Å²) in [5.41, 5.74) is 0.299. The van der Waals surface area contributed by atoms with Crippen molar-refractivity contribution in [2.45, 2.75) is 18.4 Å². The van der Waals surface area contributed by atoms with Crippen LogP contribution in [-0.4, -0.2) is 51.0 Å². The zero-order valence-corrected chi connectivity index (χ0v) is 17.5. The first-order valence-electron chi connectivity index (χ1n) is 8.84. The van der Waals surface area contributed by atoms with Gasteiger partial charge in [0, 0.05) is 18.7 Å². The van der Waals surface area contributed by atoms with Gasteiger partial charge in [0.1, 0.15) is 6.54 Å². The van der Waals surface area contributed by atoms with Crippen LogP contribution in [0, 0.1) is 10.1 Å². The smallest absolute Gasteiger partial charge is 0.321 e. The minimum Gasteiger partial charge on any atom is -0.493 e. The van der Waals surface area contributed by atoms with Gasteiger partial charge in [0.25, 0.3) is 5.69 Å². The predicted octanol–water partition coefficient (Wildman–Crippen LogP) is 2.37. The summed E-state index contributed by atoms with van der Waals surface area (Å²) in [7, 11) is -1.23. The molecule has 0 aliphatic carbocycles. The summed E-state index contributed by atoms with van der Waals surface area (Å²) in [6.45, 7) is 1.03. The van der Waals surface area contributed by atoms with Crippen molar-refractivity contribution in [1.29, 1.82) is 0 Å². The lowest BCUT2D eigenvalue weighted by Gasteiger charge is -2.22. The average Bonchev–Trinajstić information content (AvgIpc) is 2.73. The van der Waals surface area contributed by atoms with Crippen molar-refractivity contribution in [1.82, 2.24) is 4.31 Å². The summed E-state index contributed by atoms with van der Waals surface area (Å²) in [5, 5.41) is 10.8. The van der Waals surface area contributed by atoms with E-state index in [4.69, 9.17) is 14.2 Å². The summed E-state index contributed by atoms with van der Waals surface area (Å²) < 4.78 is 42.5.